The first-order valence-electron chi connectivity index (χ1n) is 5.18. The predicted octanol–water partition coefficient (Wildman–Crippen LogP) is 1.89. The molecule has 0 spiro atoms. The molecule has 0 atom stereocenters. The zero-order chi connectivity index (χ0) is 10.7. The van der Waals surface area contributed by atoms with Gasteiger partial charge in [0.05, 0.1) is 11.4 Å². The number of hydrogen-bond acceptors (Lipinski definition) is 2. The lowest BCUT2D eigenvalue weighted by Crippen LogP contribution is -2.02. The standard InChI is InChI=1S/C12H15N3/c1-2-10-5-3-4-6-12(10)15-8-7-11(9-13)14-15/h3-8H,2,9,13H2,1H3. The first-order valence-corrected chi connectivity index (χ1v) is 5.18. The van der Waals surface area contributed by atoms with E-state index in [1.54, 1.807) is 0 Å². The van der Waals surface area contributed by atoms with Gasteiger partial charge in [-0.15, -0.1) is 0 Å². The normalized spacial score (nSPS) is 10.5. The van der Waals surface area contributed by atoms with Gasteiger partial charge in [0.1, 0.15) is 0 Å². The Morgan fingerprint density at radius 1 is 1.27 bits per heavy atom. The molecule has 0 radical (unpaired) electrons. The Morgan fingerprint density at radius 2 is 2.07 bits per heavy atom. The maximum atomic E-state index is 5.54. The van der Waals surface area contributed by atoms with Gasteiger partial charge < -0.3 is 5.73 Å². The molecular formula is C12H15N3. The fraction of sp³-hybridized carbons (Fsp3) is 0.250. The van der Waals surface area contributed by atoms with E-state index in [1.165, 1.54) is 5.56 Å². The van der Waals surface area contributed by atoms with E-state index in [0.717, 1.165) is 17.8 Å². The molecule has 1 heterocycles. The number of para-hydroxylation sites is 1. The van der Waals surface area contributed by atoms with Gasteiger partial charge in [0.15, 0.2) is 0 Å². The van der Waals surface area contributed by atoms with Crippen LogP contribution in [0.2, 0.25) is 0 Å². The lowest BCUT2D eigenvalue weighted by Gasteiger charge is -2.06. The molecule has 0 aliphatic rings. The lowest BCUT2D eigenvalue weighted by atomic mass is 10.1. The van der Waals surface area contributed by atoms with Crippen LogP contribution in [0.5, 0.6) is 0 Å². The Morgan fingerprint density at radius 3 is 2.73 bits per heavy atom. The third-order valence-electron chi connectivity index (χ3n) is 2.47. The Kier molecular flexibility index (Phi) is 2.83. The van der Waals surface area contributed by atoms with Crippen LogP contribution in [0.3, 0.4) is 0 Å². The predicted molar refractivity (Wildman–Crippen MR) is 60.8 cm³/mol. The third kappa shape index (κ3) is 1.92. The van der Waals surface area contributed by atoms with Crippen LogP contribution in [0.25, 0.3) is 5.69 Å². The molecule has 0 bridgehead atoms. The average molecular weight is 201 g/mol. The monoisotopic (exact) mass is 201 g/mol. The molecule has 2 N–H and O–H groups in total. The maximum absolute atomic E-state index is 5.54. The van der Waals surface area contributed by atoms with Crippen molar-refractivity contribution in [2.24, 2.45) is 5.73 Å². The molecule has 15 heavy (non-hydrogen) atoms. The Bertz CT molecular complexity index is 446. The molecule has 2 aromatic rings. The number of nitrogens with two attached hydrogens (primary N) is 1. The molecule has 0 saturated carbocycles. The zero-order valence-corrected chi connectivity index (χ0v) is 8.85. The van der Waals surface area contributed by atoms with E-state index in [-0.39, 0.29) is 0 Å². The van der Waals surface area contributed by atoms with E-state index in [2.05, 4.69) is 30.2 Å². The van der Waals surface area contributed by atoms with Crippen molar-refractivity contribution in [1.82, 2.24) is 9.78 Å². The highest BCUT2D eigenvalue weighted by molar-refractivity contribution is 5.40. The number of aromatic nitrogens is 2. The molecule has 0 amide bonds. The molecule has 2 rings (SSSR count). The fourth-order valence-electron chi connectivity index (χ4n) is 1.64. The second kappa shape index (κ2) is 4.28. The van der Waals surface area contributed by atoms with Gasteiger partial charge in [-0.1, -0.05) is 25.1 Å². The second-order valence-corrected chi connectivity index (χ2v) is 3.44. The minimum Gasteiger partial charge on any atom is -0.325 e. The summed E-state index contributed by atoms with van der Waals surface area (Å²) in [6.45, 7) is 2.63. The van der Waals surface area contributed by atoms with Crippen molar-refractivity contribution in [1.29, 1.82) is 0 Å². The molecule has 78 valence electrons. The molecule has 3 heteroatoms. The van der Waals surface area contributed by atoms with Crippen LogP contribution < -0.4 is 5.73 Å². The minimum atomic E-state index is 0.487. The van der Waals surface area contributed by atoms with Crippen molar-refractivity contribution in [3.8, 4) is 5.69 Å². The molecule has 0 unspecified atom stereocenters. The molecule has 1 aromatic heterocycles. The van der Waals surface area contributed by atoms with Gasteiger partial charge in [-0.25, -0.2) is 4.68 Å². The van der Waals surface area contributed by atoms with Gasteiger partial charge in [0, 0.05) is 12.7 Å². The van der Waals surface area contributed by atoms with Crippen molar-refractivity contribution in [2.75, 3.05) is 0 Å². The van der Waals surface area contributed by atoms with E-state index < -0.39 is 0 Å². The summed E-state index contributed by atoms with van der Waals surface area (Å²) in [5, 5.41) is 4.40. The zero-order valence-electron chi connectivity index (χ0n) is 8.85. The molecule has 0 fully saturated rings. The summed E-state index contributed by atoms with van der Waals surface area (Å²) in [5.74, 6) is 0. The Hall–Kier alpha value is -1.61. The molecular weight excluding hydrogens is 186 g/mol. The summed E-state index contributed by atoms with van der Waals surface area (Å²) in [7, 11) is 0. The topological polar surface area (TPSA) is 43.8 Å². The molecule has 0 aliphatic heterocycles. The van der Waals surface area contributed by atoms with Gasteiger partial charge >= 0.3 is 0 Å². The van der Waals surface area contributed by atoms with Crippen LogP contribution in [-0.2, 0) is 13.0 Å². The van der Waals surface area contributed by atoms with Crippen molar-refractivity contribution >= 4 is 0 Å². The number of benzene rings is 1. The number of rotatable bonds is 3. The van der Waals surface area contributed by atoms with E-state index >= 15 is 0 Å². The van der Waals surface area contributed by atoms with E-state index in [9.17, 15) is 0 Å². The van der Waals surface area contributed by atoms with Gasteiger partial charge in [-0.3, -0.25) is 0 Å². The smallest absolute Gasteiger partial charge is 0.0764 e. The van der Waals surface area contributed by atoms with Gasteiger partial charge in [0.25, 0.3) is 0 Å². The summed E-state index contributed by atoms with van der Waals surface area (Å²) in [5.41, 5.74) is 8.89. The van der Waals surface area contributed by atoms with E-state index in [4.69, 9.17) is 5.73 Å². The van der Waals surface area contributed by atoms with Crippen LogP contribution in [0.15, 0.2) is 36.5 Å². The van der Waals surface area contributed by atoms with Crippen molar-refractivity contribution in [2.45, 2.75) is 19.9 Å². The van der Waals surface area contributed by atoms with E-state index in [1.807, 2.05) is 23.0 Å². The summed E-state index contributed by atoms with van der Waals surface area (Å²) in [6, 6.07) is 10.2. The van der Waals surface area contributed by atoms with Crippen LogP contribution in [0, 0.1) is 0 Å². The Balaban J connectivity index is 2.44. The van der Waals surface area contributed by atoms with Crippen molar-refractivity contribution in [3.05, 3.63) is 47.8 Å². The van der Waals surface area contributed by atoms with Crippen LogP contribution in [0.4, 0.5) is 0 Å². The highest BCUT2D eigenvalue weighted by Crippen LogP contribution is 2.14. The van der Waals surface area contributed by atoms with Gasteiger partial charge in [0.2, 0.25) is 0 Å². The van der Waals surface area contributed by atoms with Crippen molar-refractivity contribution in [3.63, 3.8) is 0 Å². The van der Waals surface area contributed by atoms with Gasteiger partial charge in [-0.05, 0) is 24.1 Å². The molecule has 1 aromatic carbocycles. The third-order valence-corrected chi connectivity index (χ3v) is 2.47. The average Bonchev–Trinajstić information content (AvgIpc) is 2.77. The highest BCUT2D eigenvalue weighted by atomic mass is 15.3. The quantitative estimate of drug-likeness (QED) is 0.824. The van der Waals surface area contributed by atoms with Crippen LogP contribution in [0.1, 0.15) is 18.2 Å². The number of aryl methyl sites for hydroxylation is 1. The van der Waals surface area contributed by atoms with Crippen molar-refractivity contribution < 1.29 is 0 Å². The lowest BCUT2D eigenvalue weighted by molar-refractivity contribution is 0.822. The van der Waals surface area contributed by atoms with Crippen LogP contribution in [-0.4, -0.2) is 9.78 Å². The number of hydrogen-bond donors (Lipinski definition) is 1. The summed E-state index contributed by atoms with van der Waals surface area (Å²) in [6.07, 6.45) is 2.96. The SMILES string of the molecule is CCc1ccccc1-n1ccc(CN)n1. The van der Waals surface area contributed by atoms with E-state index in [0.29, 0.717) is 6.54 Å². The maximum Gasteiger partial charge on any atom is 0.0764 e. The molecule has 3 nitrogen and oxygen atoms in total. The highest BCUT2D eigenvalue weighted by Gasteiger charge is 2.03. The Labute approximate surface area is 89.5 Å². The fourth-order valence-corrected chi connectivity index (χ4v) is 1.64. The van der Waals surface area contributed by atoms with Crippen LogP contribution >= 0.6 is 0 Å². The largest absolute Gasteiger partial charge is 0.325 e. The summed E-state index contributed by atoms with van der Waals surface area (Å²) in [4.78, 5) is 0. The molecule has 0 saturated heterocycles. The molecule has 0 aliphatic carbocycles. The number of nitrogens with zero attached hydrogens (tertiary/aromatic N) is 2. The minimum absolute atomic E-state index is 0.487. The summed E-state index contributed by atoms with van der Waals surface area (Å²) >= 11 is 0. The first-order chi connectivity index (χ1) is 7.35. The summed E-state index contributed by atoms with van der Waals surface area (Å²) < 4.78 is 1.89. The van der Waals surface area contributed by atoms with Gasteiger partial charge in [-0.2, -0.15) is 5.10 Å². The second-order valence-electron chi connectivity index (χ2n) is 3.44. The first kappa shape index (κ1) is 9.93.